The maximum Gasteiger partial charge on any atom is 0.158 e. The summed E-state index contributed by atoms with van der Waals surface area (Å²) in [5.74, 6) is 1.61. The Morgan fingerprint density at radius 1 is 1.10 bits per heavy atom. The number of aromatic nitrogens is 4. The molecule has 3 aromatic rings. The molecular formula is C16H15BrN4. The molecule has 1 aromatic carbocycles. The molecule has 0 aliphatic rings. The molecular weight excluding hydrogens is 328 g/mol. The number of rotatable bonds is 4. The zero-order chi connectivity index (χ0) is 14.7. The van der Waals surface area contributed by atoms with Crippen LogP contribution >= 0.6 is 15.9 Å². The Morgan fingerprint density at radius 2 is 1.90 bits per heavy atom. The summed E-state index contributed by atoms with van der Waals surface area (Å²) in [5.41, 5.74) is 2.22. The van der Waals surface area contributed by atoms with Crippen molar-refractivity contribution in [2.45, 2.75) is 19.8 Å². The van der Waals surface area contributed by atoms with Crippen LogP contribution in [-0.4, -0.2) is 19.7 Å². The molecule has 0 saturated heterocycles. The second kappa shape index (κ2) is 6.18. The number of hydrogen-bond acceptors (Lipinski definition) is 3. The zero-order valence-electron chi connectivity index (χ0n) is 11.7. The van der Waals surface area contributed by atoms with E-state index in [1.807, 2.05) is 36.7 Å². The molecule has 0 radical (unpaired) electrons. The van der Waals surface area contributed by atoms with Crippen molar-refractivity contribution in [3.05, 3.63) is 59.2 Å². The predicted molar refractivity (Wildman–Crippen MR) is 86.3 cm³/mol. The van der Waals surface area contributed by atoms with Gasteiger partial charge in [-0.05, 0) is 27.9 Å². The lowest BCUT2D eigenvalue weighted by Gasteiger charge is -2.04. The molecule has 5 heteroatoms. The van der Waals surface area contributed by atoms with Crippen LogP contribution in [0.5, 0.6) is 0 Å². The SMILES string of the molecule is CCCc1nc(Br)cc(-n2cc(-c3ccccc3)cn2)n1. The van der Waals surface area contributed by atoms with Gasteiger partial charge >= 0.3 is 0 Å². The van der Waals surface area contributed by atoms with Gasteiger partial charge in [0.25, 0.3) is 0 Å². The summed E-state index contributed by atoms with van der Waals surface area (Å²) in [4.78, 5) is 8.94. The second-order valence-corrected chi connectivity index (χ2v) is 5.57. The molecule has 0 spiro atoms. The Balaban J connectivity index is 1.96. The fraction of sp³-hybridized carbons (Fsp3) is 0.188. The number of halogens is 1. The molecule has 0 N–H and O–H groups in total. The van der Waals surface area contributed by atoms with Gasteiger partial charge in [0.1, 0.15) is 10.4 Å². The van der Waals surface area contributed by atoms with Crippen LogP contribution in [0.4, 0.5) is 0 Å². The summed E-state index contributed by atoms with van der Waals surface area (Å²) in [6.07, 6.45) is 5.72. The number of nitrogens with zero attached hydrogens (tertiary/aromatic N) is 4. The lowest BCUT2D eigenvalue weighted by molar-refractivity contribution is 0.780. The van der Waals surface area contributed by atoms with E-state index in [1.165, 1.54) is 0 Å². The average molecular weight is 343 g/mol. The monoisotopic (exact) mass is 342 g/mol. The van der Waals surface area contributed by atoms with Gasteiger partial charge in [-0.1, -0.05) is 37.3 Å². The van der Waals surface area contributed by atoms with Crippen molar-refractivity contribution in [3.63, 3.8) is 0 Å². The highest BCUT2D eigenvalue weighted by atomic mass is 79.9. The van der Waals surface area contributed by atoms with Gasteiger partial charge in [-0.3, -0.25) is 0 Å². The largest absolute Gasteiger partial charge is 0.226 e. The highest BCUT2D eigenvalue weighted by molar-refractivity contribution is 9.10. The molecule has 0 saturated carbocycles. The molecule has 0 unspecified atom stereocenters. The first-order valence-electron chi connectivity index (χ1n) is 6.90. The number of aryl methyl sites for hydroxylation is 1. The van der Waals surface area contributed by atoms with Crippen molar-refractivity contribution in [1.82, 2.24) is 19.7 Å². The van der Waals surface area contributed by atoms with Crippen LogP contribution in [0.15, 0.2) is 53.4 Å². The molecule has 106 valence electrons. The van der Waals surface area contributed by atoms with Crippen LogP contribution in [0.1, 0.15) is 19.2 Å². The van der Waals surface area contributed by atoms with Crippen molar-refractivity contribution in [1.29, 1.82) is 0 Å². The third kappa shape index (κ3) is 3.19. The van der Waals surface area contributed by atoms with E-state index in [0.717, 1.165) is 40.2 Å². The molecule has 0 aliphatic carbocycles. The molecule has 2 heterocycles. The first kappa shape index (κ1) is 13.9. The molecule has 21 heavy (non-hydrogen) atoms. The van der Waals surface area contributed by atoms with Gasteiger partial charge in [-0.2, -0.15) is 5.10 Å². The summed E-state index contributed by atoms with van der Waals surface area (Å²) in [6, 6.07) is 12.1. The lowest BCUT2D eigenvalue weighted by Crippen LogP contribution is -2.03. The van der Waals surface area contributed by atoms with Gasteiger partial charge in [0.05, 0.1) is 6.20 Å². The van der Waals surface area contributed by atoms with E-state index in [0.29, 0.717) is 0 Å². The quantitative estimate of drug-likeness (QED) is 0.672. The van der Waals surface area contributed by atoms with Crippen molar-refractivity contribution >= 4 is 15.9 Å². The van der Waals surface area contributed by atoms with E-state index in [1.54, 1.807) is 4.68 Å². The average Bonchev–Trinajstić information content (AvgIpc) is 2.98. The minimum absolute atomic E-state index is 0.780. The predicted octanol–water partition coefficient (Wildman–Crippen LogP) is 4.04. The Hall–Kier alpha value is -2.01. The molecule has 2 aromatic heterocycles. The van der Waals surface area contributed by atoms with Gasteiger partial charge in [-0.25, -0.2) is 14.6 Å². The Labute approximate surface area is 132 Å². The van der Waals surface area contributed by atoms with Crippen LogP contribution in [0.25, 0.3) is 16.9 Å². The molecule has 0 bridgehead atoms. The number of benzene rings is 1. The van der Waals surface area contributed by atoms with Crippen LogP contribution in [0.3, 0.4) is 0 Å². The number of hydrogen-bond donors (Lipinski definition) is 0. The Bertz CT molecular complexity index is 737. The third-order valence-corrected chi connectivity index (χ3v) is 3.53. The smallest absolute Gasteiger partial charge is 0.158 e. The standard InChI is InChI=1S/C16H15BrN4/c1-2-6-15-19-14(17)9-16(20-15)21-11-13(10-18-21)12-7-4-3-5-8-12/h3-5,7-11H,2,6H2,1H3. The van der Waals surface area contributed by atoms with E-state index in [2.05, 4.69) is 50.1 Å². The summed E-state index contributed by atoms with van der Waals surface area (Å²) >= 11 is 3.44. The van der Waals surface area contributed by atoms with E-state index >= 15 is 0 Å². The van der Waals surface area contributed by atoms with Gasteiger partial charge in [-0.15, -0.1) is 0 Å². The minimum Gasteiger partial charge on any atom is -0.226 e. The fourth-order valence-corrected chi connectivity index (χ4v) is 2.54. The molecule has 0 amide bonds. The summed E-state index contributed by atoms with van der Waals surface area (Å²) in [7, 11) is 0. The van der Waals surface area contributed by atoms with Gasteiger partial charge < -0.3 is 0 Å². The topological polar surface area (TPSA) is 43.6 Å². The first-order valence-corrected chi connectivity index (χ1v) is 7.69. The molecule has 0 fully saturated rings. The fourth-order valence-electron chi connectivity index (χ4n) is 2.13. The maximum absolute atomic E-state index is 4.56. The van der Waals surface area contributed by atoms with E-state index < -0.39 is 0 Å². The summed E-state index contributed by atoms with van der Waals surface area (Å²) < 4.78 is 2.57. The molecule has 0 aliphatic heterocycles. The van der Waals surface area contributed by atoms with E-state index in [4.69, 9.17) is 0 Å². The molecule has 0 atom stereocenters. The van der Waals surface area contributed by atoms with Gasteiger partial charge in [0.2, 0.25) is 0 Å². The molecule has 4 nitrogen and oxygen atoms in total. The highest BCUT2D eigenvalue weighted by Gasteiger charge is 2.07. The first-order chi connectivity index (χ1) is 10.3. The van der Waals surface area contributed by atoms with E-state index in [9.17, 15) is 0 Å². The van der Waals surface area contributed by atoms with Crippen LogP contribution < -0.4 is 0 Å². The lowest BCUT2D eigenvalue weighted by atomic mass is 10.1. The van der Waals surface area contributed by atoms with Crippen molar-refractivity contribution in [2.24, 2.45) is 0 Å². The third-order valence-electron chi connectivity index (χ3n) is 3.13. The normalized spacial score (nSPS) is 10.8. The summed E-state index contributed by atoms with van der Waals surface area (Å²) in [6.45, 7) is 2.12. The Kier molecular flexibility index (Phi) is 4.10. The van der Waals surface area contributed by atoms with Crippen molar-refractivity contribution in [2.75, 3.05) is 0 Å². The van der Waals surface area contributed by atoms with Crippen LogP contribution in [-0.2, 0) is 6.42 Å². The van der Waals surface area contributed by atoms with Crippen molar-refractivity contribution < 1.29 is 0 Å². The van der Waals surface area contributed by atoms with Crippen molar-refractivity contribution in [3.8, 4) is 16.9 Å². The van der Waals surface area contributed by atoms with Crippen LogP contribution in [0.2, 0.25) is 0 Å². The Morgan fingerprint density at radius 3 is 2.67 bits per heavy atom. The maximum atomic E-state index is 4.56. The second-order valence-electron chi connectivity index (χ2n) is 4.75. The van der Waals surface area contributed by atoms with Gasteiger partial charge in [0, 0.05) is 24.2 Å². The summed E-state index contributed by atoms with van der Waals surface area (Å²) in [5, 5.41) is 4.41. The zero-order valence-corrected chi connectivity index (χ0v) is 13.3. The van der Waals surface area contributed by atoms with Crippen LogP contribution in [0, 0.1) is 0 Å². The minimum atomic E-state index is 0.780. The van der Waals surface area contributed by atoms with Gasteiger partial charge in [0.15, 0.2) is 5.82 Å². The highest BCUT2D eigenvalue weighted by Crippen LogP contribution is 2.20. The molecule has 3 rings (SSSR count). The van der Waals surface area contributed by atoms with E-state index in [-0.39, 0.29) is 0 Å².